The fourth-order valence-electron chi connectivity index (χ4n) is 2.64. The minimum Gasteiger partial charge on any atom is -0.381 e. The third-order valence-corrected chi connectivity index (χ3v) is 3.62. The first-order valence-electron chi connectivity index (χ1n) is 5.77. The molecule has 0 aromatic carbocycles. The molecular weight excluding hydrogens is 192 g/mol. The molecule has 15 heavy (non-hydrogen) atoms. The summed E-state index contributed by atoms with van der Waals surface area (Å²) in [5, 5.41) is 3.26. The maximum atomic E-state index is 11.9. The Morgan fingerprint density at radius 3 is 2.73 bits per heavy atom. The van der Waals surface area contributed by atoms with Crippen molar-refractivity contribution in [3.05, 3.63) is 0 Å². The molecule has 4 atom stereocenters. The first kappa shape index (κ1) is 10.9. The standard InChI is InChI=1S/C11H20N2O2/c1-7-11(14)13(9(3)12-7)8(2)10-4-5-15-6-10/h7-10,12H,4-6H2,1-3H3. The van der Waals surface area contributed by atoms with Gasteiger partial charge in [-0.05, 0) is 27.2 Å². The van der Waals surface area contributed by atoms with E-state index in [0.29, 0.717) is 5.92 Å². The second kappa shape index (κ2) is 4.10. The molecule has 1 amide bonds. The Balaban J connectivity index is 2.05. The molecule has 2 aliphatic rings. The average Bonchev–Trinajstić information content (AvgIpc) is 2.76. The summed E-state index contributed by atoms with van der Waals surface area (Å²) < 4.78 is 5.38. The molecule has 2 fully saturated rings. The normalized spacial score (nSPS) is 38.7. The quantitative estimate of drug-likeness (QED) is 0.728. The molecule has 86 valence electrons. The second-order valence-electron chi connectivity index (χ2n) is 4.67. The zero-order valence-corrected chi connectivity index (χ0v) is 9.69. The van der Waals surface area contributed by atoms with Crippen LogP contribution in [0.5, 0.6) is 0 Å². The van der Waals surface area contributed by atoms with Crippen molar-refractivity contribution in [2.24, 2.45) is 5.92 Å². The SMILES string of the molecule is CC1NC(C)N(C(C)C2CCOC2)C1=O. The largest absolute Gasteiger partial charge is 0.381 e. The number of hydrogen-bond donors (Lipinski definition) is 1. The van der Waals surface area contributed by atoms with Crippen LogP contribution in [0.25, 0.3) is 0 Å². The van der Waals surface area contributed by atoms with E-state index in [2.05, 4.69) is 12.2 Å². The highest BCUT2D eigenvalue weighted by atomic mass is 16.5. The van der Waals surface area contributed by atoms with Crippen molar-refractivity contribution >= 4 is 5.91 Å². The van der Waals surface area contributed by atoms with Gasteiger partial charge in [-0.25, -0.2) is 0 Å². The van der Waals surface area contributed by atoms with Gasteiger partial charge in [0, 0.05) is 18.6 Å². The Labute approximate surface area is 91.0 Å². The molecule has 4 heteroatoms. The van der Waals surface area contributed by atoms with E-state index in [-0.39, 0.29) is 24.2 Å². The van der Waals surface area contributed by atoms with Crippen molar-refractivity contribution in [2.75, 3.05) is 13.2 Å². The first-order valence-corrected chi connectivity index (χ1v) is 5.77. The molecule has 2 heterocycles. The molecule has 2 saturated heterocycles. The Kier molecular flexibility index (Phi) is 2.98. The van der Waals surface area contributed by atoms with Gasteiger partial charge in [0.1, 0.15) is 0 Å². The highest BCUT2D eigenvalue weighted by Crippen LogP contribution is 2.25. The number of carbonyl (C=O) groups excluding carboxylic acids is 1. The third-order valence-electron chi connectivity index (χ3n) is 3.62. The third kappa shape index (κ3) is 1.88. The summed E-state index contributed by atoms with van der Waals surface area (Å²) in [5.74, 6) is 0.727. The van der Waals surface area contributed by atoms with E-state index in [1.54, 1.807) is 0 Å². The lowest BCUT2D eigenvalue weighted by molar-refractivity contribution is -0.132. The van der Waals surface area contributed by atoms with Gasteiger partial charge < -0.3 is 9.64 Å². The molecule has 0 radical (unpaired) electrons. The number of ether oxygens (including phenoxy) is 1. The zero-order chi connectivity index (χ0) is 11.0. The predicted molar refractivity (Wildman–Crippen MR) is 57.3 cm³/mol. The van der Waals surface area contributed by atoms with Crippen LogP contribution < -0.4 is 5.32 Å². The lowest BCUT2D eigenvalue weighted by atomic mass is 9.99. The van der Waals surface area contributed by atoms with Gasteiger partial charge in [0.2, 0.25) is 5.91 Å². The van der Waals surface area contributed by atoms with Crippen LogP contribution in [0.2, 0.25) is 0 Å². The van der Waals surface area contributed by atoms with Crippen molar-refractivity contribution < 1.29 is 9.53 Å². The van der Waals surface area contributed by atoms with Crippen LogP contribution in [0.1, 0.15) is 27.2 Å². The molecule has 0 aromatic heterocycles. The molecule has 2 aliphatic heterocycles. The number of hydrogen-bond acceptors (Lipinski definition) is 3. The first-order chi connectivity index (χ1) is 7.11. The fraction of sp³-hybridized carbons (Fsp3) is 0.909. The minimum atomic E-state index is -0.0372. The van der Waals surface area contributed by atoms with Crippen LogP contribution in [-0.2, 0) is 9.53 Å². The summed E-state index contributed by atoms with van der Waals surface area (Å²) in [6.45, 7) is 7.75. The number of carbonyl (C=O) groups is 1. The van der Waals surface area contributed by atoms with E-state index in [1.165, 1.54) is 0 Å². The minimum absolute atomic E-state index is 0.0372. The average molecular weight is 212 g/mol. The Bertz CT molecular complexity index is 251. The van der Waals surface area contributed by atoms with Crippen LogP contribution in [0.3, 0.4) is 0 Å². The van der Waals surface area contributed by atoms with Crippen molar-refractivity contribution in [3.63, 3.8) is 0 Å². The van der Waals surface area contributed by atoms with Gasteiger partial charge in [0.15, 0.2) is 0 Å². The van der Waals surface area contributed by atoms with Gasteiger partial charge in [-0.15, -0.1) is 0 Å². The zero-order valence-electron chi connectivity index (χ0n) is 9.69. The van der Waals surface area contributed by atoms with Crippen molar-refractivity contribution in [1.29, 1.82) is 0 Å². The summed E-state index contributed by atoms with van der Waals surface area (Å²) in [4.78, 5) is 13.9. The topological polar surface area (TPSA) is 41.6 Å². The van der Waals surface area contributed by atoms with Gasteiger partial charge in [-0.2, -0.15) is 0 Å². The molecule has 0 saturated carbocycles. The van der Waals surface area contributed by atoms with Crippen molar-refractivity contribution in [3.8, 4) is 0 Å². The van der Waals surface area contributed by atoms with E-state index in [1.807, 2.05) is 18.7 Å². The summed E-state index contributed by atoms with van der Waals surface area (Å²) in [5.41, 5.74) is 0. The predicted octanol–water partition coefficient (Wildman–Crippen LogP) is 0.578. The van der Waals surface area contributed by atoms with E-state index in [4.69, 9.17) is 4.74 Å². The molecule has 1 N–H and O–H groups in total. The molecule has 0 spiro atoms. The molecule has 0 aliphatic carbocycles. The summed E-state index contributed by atoms with van der Waals surface area (Å²) in [7, 11) is 0. The van der Waals surface area contributed by atoms with Crippen LogP contribution >= 0.6 is 0 Å². The summed E-state index contributed by atoms with van der Waals surface area (Å²) >= 11 is 0. The van der Waals surface area contributed by atoms with Gasteiger partial charge in [-0.1, -0.05) is 0 Å². The van der Waals surface area contributed by atoms with Gasteiger partial charge in [-0.3, -0.25) is 10.1 Å². The van der Waals surface area contributed by atoms with Crippen LogP contribution in [-0.4, -0.2) is 42.3 Å². The fourth-order valence-corrected chi connectivity index (χ4v) is 2.64. The Hall–Kier alpha value is -0.610. The maximum absolute atomic E-state index is 11.9. The molecule has 0 aromatic rings. The number of amides is 1. The second-order valence-corrected chi connectivity index (χ2v) is 4.67. The number of nitrogens with one attached hydrogen (secondary N) is 1. The summed E-state index contributed by atoms with van der Waals surface area (Å²) in [6.07, 6.45) is 1.23. The van der Waals surface area contributed by atoms with Crippen molar-refractivity contribution in [2.45, 2.75) is 45.4 Å². The van der Waals surface area contributed by atoms with E-state index in [0.717, 1.165) is 19.6 Å². The molecule has 4 nitrogen and oxygen atoms in total. The van der Waals surface area contributed by atoms with Gasteiger partial charge >= 0.3 is 0 Å². The highest BCUT2D eigenvalue weighted by molar-refractivity contribution is 5.84. The van der Waals surface area contributed by atoms with Gasteiger partial charge in [0.25, 0.3) is 0 Å². The van der Waals surface area contributed by atoms with Gasteiger partial charge in [0.05, 0.1) is 18.8 Å². The lowest BCUT2D eigenvalue weighted by Gasteiger charge is -2.31. The number of rotatable bonds is 2. The summed E-state index contributed by atoms with van der Waals surface area (Å²) in [6, 6.07) is 0.247. The van der Waals surface area contributed by atoms with Crippen molar-refractivity contribution in [1.82, 2.24) is 10.2 Å². The van der Waals surface area contributed by atoms with Crippen LogP contribution in [0.15, 0.2) is 0 Å². The molecule has 4 unspecified atom stereocenters. The molecular formula is C11H20N2O2. The van der Waals surface area contributed by atoms with Crippen LogP contribution in [0, 0.1) is 5.92 Å². The maximum Gasteiger partial charge on any atom is 0.240 e. The van der Waals surface area contributed by atoms with E-state index >= 15 is 0 Å². The molecule has 2 rings (SSSR count). The lowest BCUT2D eigenvalue weighted by Crippen LogP contribution is -2.45. The van der Waals surface area contributed by atoms with E-state index < -0.39 is 0 Å². The van der Waals surface area contributed by atoms with E-state index in [9.17, 15) is 4.79 Å². The highest BCUT2D eigenvalue weighted by Gasteiger charge is 2.39. The Morgan fingerprint density at radius 2 is 2.27 bits per heavy atom. The smallest absolute Gasteiger partial charge is 0.240 e. The van der Waals surface area contributed by atoms with Crippen LogP contribution in [0.4, 0.5) is 0 Å². The Morgan fingerprint density at radius 1 is 1.53 bits per heavy atom. The molecule has 0 bridgehead atoms. The monoisotopic (exact) mass is 212 g/mol. The number of nitrogens with zero attached hydrogens (tertiary/aromatic N) is 1.